The molecule has 2 N–H and O–H groups in total. The number of anilines is 1. The van der Waals surface area contributed by atoms with Crippen LogP contribution in [0, 0.1) is 5.82 Å². The lowest BCUT2D eigenvalue weighted by Crippen LogP contribution is -2.34. The Morgan fingerprint density at radius 1 is 1.11 bits per heavy atom. The van der Waals surface area contributed by atoms with E-state index < -0.39 is 17.7 Å². The van der Waals surface area contributed by atoms with Crippen molar-refractivity contribution in [1.82, 2.24) is 5.32 Å². The van der Waals surface area contributed by atoms with E-state index in [2.05, 4.69) is 10.6 Å². The standard InChI is InChI=1S/C20H20ClFN2O3S/c21-16-13-15(8-9-17(16)22)23-20(28)24-18(25)10-11-19(26)27-12-4-7-14-5-2-1-3-6-14/h1-3,5-6,8-9,13H,4,7,10-12H2,(H2,23,24,25,28). The van der Waals surface area contributed by atoms with Crippen molar-refractivity contribution in [1.29, 1.82) is 0 Å². The maximum Gasteiger partial charge on any atom is 0.306 e. The van der Waals surface area contributed by atoms with Gasteiger partial charge in [-0.3, -0.25) is 9.59 Å². The Labute approximate surface area is 173 Å². The molecule has 0 saturated heterocycles. The molecule has 2 aromatic rings. The fourth-order valence-electron chi connectivity index (χ4n) is 2.32. The van der Waals surface area contributed by atoms with Crippen molar-refractivity contribution in [3.8, 4) is 0 Å². The zero-order valence-corrected chi connectivity index (χ0v) is 16.6. The molecule has 0 aliphatic heterocycles. The van der Waals surface area contributed by atoms with Gasteiger partial charge in [-0.25, -0.2) is 4.39 Å². The topological polar surface area (TPSA) is 67.4 Å². The average molecular weight is 423 g/mol. The number of esters is 1. The molecule has 8 heteroatoms. The van der Waals surface area contributed by atoms with Gasteiger partial charge in [-0.1, -0.05) is 41.9 Å². The summed E-state index contributed by atoms with van der Waals surface area (Å²) in [5, 5.41) is 5.13. The second-order valence-electron chi connectivity index (χ2n) is 5.94. The molecule has 0 atom stereocenters. The molecule has 2 rings (SSSR count). The van der Waals surface area contributed by atoms with Gasteiger partial charge in [0.25, 0.3) is 0 Å². The molecular formula is C20H20ClFN2O3S. The van der Waals surface area contributed by atoms with Crippen LogP contribution in [-0.4, -0.2) is 23.6 Å². The fraction of sp³-hybridized carbons (Fsp3) is 0.250. The maximum atomic E-state index is 13.1. The van der Waals surface area contributed by atoms with Gasteiger partial charge in [0.05, 0.1) is 18.1 Å². The highest BCUT2D eigenvalue weighted by Gasteiger charge is 2.10. The van der Waals surface area contributed by atoms with Crippen LogP contribution < -0.4 is 10.6 Å². The number of hydrogen-bond donors (Lipinski definition) is 2. The highest BCUT2D eigenvalue weighted by Crippen LogP contribution is 2.19. The molecule has 0 radical (unpaired) electrons. The van der Waals surface area contributed by atoms with E-state index in [1.807, 2.05) is 30.3 Å². The Bertz CT molecular complexity index is 833. The van der Waals surface area contributed by atoms with E-state index in [9.17, 15) is 14.0 Å². The molecular weight excluding hydrogens is 403 g/mol. The van der Waals surface area contributed by atoms with Crippen molar-refractivity contribution >= 4 is 46.5 Å². The van der Waals surface area contributed by atoms with Crippen LogP contribution in [0.15, 0.2) is 48.5 Å². The summed E-state index contributed by atoms with van der Waals surface area (Å²) in [5.41, 5.74) is 1.62. The summed E-state index contributed by atoms with van der Waals surface area (Å²) in [7, 11) is 0. The lowest BCUT2D eigenvalue weighted by atomic mass is 10.1. The normalized spacial score (nSPS) is 10.2. The molecule has 0 aromatic heterocycles. The summed E-state index contributed by atoms with van der Waals surface area (Å²) in [4.78, 5) is 23.6. The second-order valence-corrected chi connectivity index (χ2v) is 6.76. The van der Waals surface area contributed by atoms with Crippen molar-refractivity contribution in [3.05, 3.63) is 64.9 Å². The maximum absolute atomic E-state index is 13.1. The predicted molar refractivity (Wildman–Crippen MR) is 111 cm³/mol. The van der Waals surface area contributed by atoms with Gasteiger partial charge in [-0.15, -0.1) is 0 Å². The largest absolute Gasteiger partial charge is 0.466 e. The van der Waals surface area contributed by atoms with Crippen molar-refractivity contribution in [2.24, 2.45) is 0 Å². The third-order valence-electron chi connectivity index (χ3n) is 3.70. The zero-order valence-electron chi connectivity index (χ0n) is 15.0. The number of aryl methyl sites for hydroxylation is 1. The molecule has 0 saturated carbocycles. The van der Waals surface area contributed by atoms with Crippen LogP contribution in [0.25, 0.3) is 0 Å². The van der Waals surface area contributed by atoms with Crippen LogP contribution in [0.4, 0.5) is 10.1 Å². The van der Waals surface area contributed by atoms with Crippen molar-refractivity contribution in [2.75, 3.05) is 11.9 Å². The van der Waals surface area contributed by atoms with Crippen LogP contribution in [-0.2, 0) is 20.7 Å². The first kappa shape index (κ1) is 21.8. The second kappa shape index (κ2) is 11.4. The van der Waals surface area contributed by atoms with E-state index in [-0.39, 0.29) is 23.0 Å². The Morgan fingerprint density at radius 3 is 2.57 bits per heavy atom. The molecule has 5 nitrogen and oxygen atoms in total. The van der Waals surface area contributed by atoms with Crippen molar-refractivity contribution < 1.29 is 18.7 Å². The first-order chi connectivity index (χ1) is 13.4. The molecule has 148 valence electrons. The molecule has 0 aliphatic rings. The van der Waals surface area contributed by atoms with E-state index in [0.717, 1.165) is 12.8 Å². The van der Waals surface area contributed by atoms with Crippen LogP contribution in [0.1, 0.15) is 24.8 Å². The number of carbonyl (C=O) groups is 2. The summed E-state index contributed by atoms with van der Waals surface area (Å²) in [5.74, 6) is -1.41. The van der Waals surface area contributed by atoms with Crippen LogP contribution in [0.3, 0.4) is 0 Å². The number of halogens is 2. The number of ether oxygens (including phenoxy) is 1. The Balaban J connectivity index is 1.61. The van der Waals surface area contributed by atoms with Gasteiger partial charge in [-0.05, 0) is 48.8 Å². The first-order valence-electron chi connectivity index (χ1n) is 8.69. The number of thiocarbonyl (C=S) groups is 1. The van der Waals surface area contributed by atoms with Gasteiger partial charge in [-0.2, -0.15) is 0 Å². The molecule has 28 heavy (non-hydrogen) atoms. The van der Waals surface area contributed by atoms with Crippen molar-refractivity contribution in [3.63, 3.8) is 0 Å². The van der Waals surface area contributed by atoms with Gasteiger partial charge in [0.15, 0.2) is 5.11 Å². The minimum atomic E-state index is -0.551. The number of benzene rings is 2. The minimum absolute atomic E-state index is 0.0314. The number of nitrogens with one attached hydrogen (secondary N) is 2. The molecule has 0 fully saturated rings. The SMILES string of the molecule is O=C(CCC(=O)OCCCc1ccccc1)NC(=S)Nc1ccc(F)c(Cl)c1. The summed E-state index contributed by atoms with van der Waals surface area (Å²) in [6.45, 7) is 0.306. The van der Waals surface area contributed by atoms with Crippen LogP contribution in [0.5, 0.6) is 0 Å². The summed E-state index contributed by atoms with van der Waals surface area (Å²) >= 11 is 10.7. The summed E-state index contributed by atoms with van der Waals surface area (Å²) in [6.07, 6.45) is 1.45. The third-order valence-corrected chi connectivity index (χ3v) is 4.20. The Morgan fingerprint density at radius 2 is 1.86 bits per heavy atom. The molecule has 1 amide bonds. The van der Waals surface area contributed by atoms with Gasteiger partial charge in [0.1, 0.15) is 5.82 Å². The molecule has 2 aromatic carbocycles. The first-order valence-corrected chi connectivity index (χ1v) is 9.48. The molecule has 0 unspecified atom stereocenters. The molecule has 0 bridgehead atoms. The number of rotatable bonds is 8. The number of amides is 1. The van der Waals surface area contributed by atoms with E-state index in [4.69, 9.17) is 28.6 Å². The average Bonchev–Trinajstić information content (AvgIpc) is 2.67. The Hall–Kier alpha value is -2.51. The van der Waals surface area contributed by atoms with E-state index in [1.165, 1.54) is 23.8 Å². The third kappa shape index (κ3) is 8.02. The monoisotopic (exact) mass is 422 g/mol. The quantitative estimate of drug-likeness (QED) is 0.378. The van der Waals surface area contributed by atoms with E-state index in [1.54, 1.807) is 0 Å². The van der Waals surface area contributed by atoms with Gasteiger partial charge in [0.2, 0.25) is 5.91 Å². The summed E-state index contributed by atoms with van der Waals surface area (Å²) < 4.78 is 18.2. The summed E-state index contributed by atoms with van der Waals surface area (Å²) in [6, 6.07) is 13.9. The van der Waals surface area contributed by atoms with E-state index in [0.29, 0.717) is 12.3 Å². The van der Waals surface area contributed by atoms with Gasteiger partial charge >= 0.3 is 5.97 Å². The van der Waals surface area contributed by atoms with E-state index >= 15 is 0 Å². The van der Waals surface area contributed by atoms with Crippen LogP contribution >= 0.6 is 23.8 Å². The molecule has 0 heterocycles. The smallest absolute Gasteiger partial charge is 0.306 e. The highest BCUT2D eigenvalue weighted by molar-refractivity contribution is 7.80. The Kier molecular flexibility index (Phi) is 8.84. The minimum Gasteiger partial charge on any atom is -0.466 e. The van der Waals surface area contributed by atoms with Gasteiger partial charge < -0.3 is 15.4 Å². The predicted octanol–water partition coefficient (Wildman–Crippen LogP) is 4.25. The molecule has 0 spiro atoms. The molecule has 0 aliphatic carbocycles. The number of hydrogen-bond acceptors (Lipinski definition) is 4. The zero-order chi connectivity index (χ0) is 20.4. The lowest BCUT2D eigenvalue weighted by molar-refractivity contribution is -0.145. The number of carbonyl (C=O) groups excluding carboxylic acids is 2. The lowest BCUT2D eigenvalue weighted by Gasteiger charge is -2.10. The van der Waals surface area contributed by atoms with Gasteiger partial charge in [0, 0.05) is 12.1 Å². The van der Waals surface area contributed by atoms with Crippen LogP contribution in [0.2, 0.25) is 5.02 Å². The fourth-order valence-corrected chi connectivity index (χ4v) is 2.73. The highest BCUT2D eigenvalue weighted by atomic mass is 35.5. The van der Waals surface area contributed by atoms with Crippen molar-refractivity contribution in [2.45, 2.75) is 25.7 Å².